The van der Waals surface area contributed by atoms with Crippen LogP contribution in [0.2, 0.25) is 0 Å². The van der Waals surface area contributed by atoms with E-state index in [1.807, 2.05) is 48.5 Å². The standard InChI is InChI=1S/C25H25N3O6/c1-15(28-24(31)20-21(29)19(23(26)30)13-14-27-20)25(32)33-16(2)22(17-9-5-3-6-10-17)34-18-11-7-4-8-12-18/h3-16,22,29H,1-2H3,(H2,26,30)(H,28,31)/t15-,16?,22?/m0/s1. The van der Waals surface area contributed by atoms with Crippen molar-refractivity contribution >= 4 is 17.8 Å². The molecular weight excluding hydrogens is 438 g/mol. The molecule has 3 aromatic rings. The minimum absolute atomic E-state index is 0.257. The second-order valence-corrected chi connectivity index (χ2v) is 7.52. The molecular formula is C25H25N3O6. The lowest BCUT2D eigenvalue weighted by Gasteiger charge is -2.26. The molecule has 0 aliphatic carbocycles. The molecule has 0 fully saturated rings. The molecule has 9 nitrogen and oxygen atoms in total. The van der Waals surface area contributed by atoms with Crippen LogP contribution >= 0.6 is 0 Å². The van der Waals surface area contributed by atoms with Gasteiger partial charge in [-0.05, 0) is 37.6 Å². The van der Waals surface area contributed by atoms with Crippen LogP contribution in [0, 0.1) is 0 Å². The number of primary amides is 1. The number of aromatic nitrogens is 1. The van der Waals surface area contributed by atoms with Crippen LogP contribution in [-0.4, -0.2) is 40.0 Å². The molecule has 2 unspecified atom stereocenters. The first-order chi connectivity index (χ1) is 16.3. The van der Waals surface area contributed by atoms with Gasteiger partial charge in [-0.15, -0.1) is 0 Å². The number of amides is 2. The van der Waals surface area contributed by atoms with Gasteiger partial charge in [0, 0.05) is 6.20 Å². The molecule has 0 aliphatic heterocycles. The highest BCUT2D eigenvalue weighted by Crippen LogP contribution is 2.27. The molecule has 34 heavy (non-hydrogen) atoms. The second-order valence-electron chi connectivity index (χ2n) is 7.52. The first kappa shape index (κ1) is 24.2. The first-order valence-electron chi connectivity index (χ1n) is 10.5. The second kappa shape index (κ2) is 11.0. The number of hydrogen-bond donors (Lipinski definition) is 3. The van der Waals surface area contributed by atoms with E-state index in [0.717, 1.165) is 11.8 Å². The number of rotatable bonds is 9. The Labute approximate surface area is 196 Å². The molecule has 0 spiro atoms. The van der Waals surface area contributed by atoms with E-state index in [4.69, 9.17) is 15.2 Å². The maximum atomic E-state index is 12.7. The van der Waals surface area contributed by atoms with Gasteiger partial charge in [0.2, 0.25) is 0 Å². The Morgan fingerprint density at radius 3 is 2.21 bits per heavy atom. The lowest BCUT2D eigenvalue weighted by atomic mass is 10.0. The summed E-state index contributed by atoms with van der Waals surface area (Å²) < 4.78 is 11.7. The number of hydrogen-bond acceptors (Lipinski definition) is 7. The zero-order valence-corrected chi connectivity index (χ0v) is 18.7. The zero-order valence-electron chi connectivity index (χ0n) is 18.7. The van der Waals surface area contributed by atoms with Crippen LogP contribution in [0.5, 0.6) is 11.5 Å². The quantitative estimate of drug-likeness (QED) is 0.414. The number of nitrogens with zero attached hydrogens (tertiary/aromatic N) is 1. The van der Waals surface area contributed by atoms with Crippen molar-refractivity contribution < 1.29 is 29.0 Å². The van der Waals surface area contributed by atoms with Crippen molar-refractivity contribution in [2.75, 3.05) is 0 Å². The fourth-order valence-corrected chi connectivity index (χ4v) is 3.21. The average molecular weight is 463 g/mol. The lowest BCUT2D eigenvalue weighted by Crippen LogP contribution is -2.42. The Kier molecular flexibility index (Phi) is 7.81. The molecule has 3 atom stereocenters. The van der Waals surface area contributed by atoms with Crippen molar-refractivity contribution in [3.8, 4) is 11.5 Å². The number of ether oxygens (including phenoxy) is 2. The SMILES string of the molecule is CC(OC(=O)[C@H](C)NC(=O)c1nccc(C(N)=O)c1O)C(Oc1ccccc1)c1ccccc1. The topological polar surface area (TPSA) is 141 Å². The highest BCUT2D eigenvalue weighted by molar-refractivity contribution is 6.02. The van der Waals surface area contributed by atoms with Crippen LogP contribution in [0.25, 0.3) is 0 Å². The molecule has 0 saturated carbocycles. The van der Waals surface area contributed by atoms with E-state index >= 15 is 0 Å². The smallest absolute Gasteiger partial charge is 0.328 e. The number of pyridine rings is 1. The van der Waals surface area contributed by atoms with Crippen molar-refractivity contribution in [3.63, 3.8) is 0 Å². The Hall–Kier alpha value is -4.40. The molecule has 0 aliphatic rings. The summed E-state index contributed by atoms with van der Waals surface area (Å²) in [7, 11) is 0. The Bertz CT molecular complexity index is 1150. The van der Waals surface area contributed by atoms with Crippen molar-refractivity contribution in [1.29, 1.82) is 0 Å². The monoisotopic (exact) mass is 463 g/mol. The third kappa shape index (κ3) is 5.89. The molecule has 0 bridgehead atoms. The van der Waals surface area contributed by atoms with E-state index < -0.39 is 47.5 Å². The summed E-state index contributed by atoms with van der Waals surface area (Å²) in [5.41, 5.74) is 5.29. The molecule has 9 heteroatoms. The Morgan fingerprint density at radius 1 is 0.971 bits per heavy atom. The van der Waals surface area contributed by atoms with E-state index in [-0.39, 0.29) is 5.56 Å². The summed E-state index contributed by atoms with van der Waals surface area (Å²) in [6, 6.07) is 18.5. The van der Waals surface area contributed by atoms with Gasteiger partial charge in [-0.1, -0.05) is 48.5 Å². The number of nitrogens with two attached hydrogens (primary N) is 1. The molecule has 1 heterocycles. The number of carbonyl (C=O) groups is 3. The normalized spacial score (nSPS) is 13.2. The van der Waals surface area contributed by atoms with Crippen molar-refractivity contribution in [1.82, 2.24) is 10.3 Å². The van der Waals surface area contributed by atoms with Crippen LogP contribution < -0.4 is 15.8 Å². The van der Waals surface area contributed by atoms with Crippen molar-refractivity contribution in [2.24, 2.45) is 5.73 Å². The first-order valence-corrected chi connectivity index (χ1v) is 10.5. The molecule has 3 rings (SSSR count). The molecule has 0 radical (unpaired) electrons. The molecule has 1 aromatic heterocycles. The summed E-state index contributed by atoms with van der Waals surface area (Å²) in [6.07, 6.45) is -0.155. The zero-order chi connectivity index (χ0) is 24.7. The molecule has 176 valence electrons. The number of aromatic hydroxyl groups is 1. The number of esters is 1. The van der Waals surface area contributed by atoms with E-state index in [0.29, 0.717) is 5.75 Å². The number of carbonyl (C=O) groups excluding carboxylic acids is 3. The maximum absolute atomic E-state index is 12.7. The molecule has 2 aromatic carbocycles. The van der Waals surface area contributed by atoms with Gasteiger partial charge in [0.25, 0.3) is 11.8 Å². The predicted octanol–water partition coefficient (Wildman–Crippen LogP) is 2.76. The predicted molar refractivity (Wildman–Crippen MR) is 123 cm³/mol. The maximum Gasteiger partial charge on any atom is 0.328 e. The number of para-hydroxylation sites is 1. The van der Waals surface area contributed by atoms with Gasteiger partial charge in [-0.25, -0.2) is 9.78 Å². The molecule has 2 amide bonds. The van der Waals surface area contributed by atoms with Gasteiger partial charge in [0.15, 0.2) is 17.5 Å². The minimum atomic E-state index is -1.08. The summed E-state index contributed by atoms with van der Waals surface area (Å²) in [5.74, 6) is -2.55. The average Bonchev–Trinajstić information content (AvgIpc) is 2.83. The van der Waals surface area contributed by atoms with Gasteiger partial charge >= 0.3 is 5.97 Å². The molecule has 0 saturated heterocycles. The Morgan fingerprint density at radius 2 is 1.59 bits per heavy atom. The lowest BCUT2D eigenvalue weighted by molar-refractivity contribution is -0.154. The third-order valence-electron chi connectivity index (χ3n) is 4.97. The fourth-order valence-electron chi connectivity index (χ4n) is 3.21. The van der Waals surface area contributed by atoms with E-state index in [9.17, 15) is 19.5 Å². The van der Waals surface area contributed by atoms with Gasteiger partial charge in [-0.2, -0.15) is 0 Å². The highest BCUT2D eigenvalue weighted by Gasteiger charge is 2.28. The summed E-state index contributed by atoms with van der Waals surface area (Å²) in [6.45, 7) is 3.12. The summed E-state index contributed by atoms with van der Waals surface area (Å²) >= 11 is 0. The van der Waals surface area contributed by atoms with Crippen LogP contribution in [0.4, 0.5) is 0 Å². The minimum Gasteiger partial charge on any atom is -0.505 e. The largest absolute Gasteiger partial charge is 0.505 e. The van der Waals surface area contributed by atoms with E-state index in [2.05, 4.69) is 10.3 Å². The summed E-state index contributed by atoms with van der Waals surface area (Å²) in [5, 5.41) is 12.5. The van der Waals surface area contributed by atoms with Crippen molar-refractivity contribution in [2.45, 2.75) is 32.1 Å². The van der Waals surface area contributed by atoms with Gasteiger partial charge < -0.3 is 25.6 Å². The number of benzene rings is 2. The van der Waals surface area contributed by atoms with Gasteiger partial charge in [-0.3, -0.25) is 9.59 Å². The van der Waals surface area contributed by atoms with E-state index in [1.165, 1.54) is 13.0 Å². The van der Waals surface area contributed by atoms with Crippen LogP contribution in [0.3, 0.4) is 0 Å². The highest BCUT2D eigenvalue weighted by atomic mass is 16.6. The third-order valence-corrected chi connectivity index (χ3v) is 4.97. The van der Waals surface area contributed by atoms with Gasteiger partial charge in [0.1, 0.15) is 17.9 Å². The van der Waals surface area contributed by atoms with Crippen molar-refractivity contribution in [3.05, 3.63) is 89.7 Å². The van der Waals surface area contributed by atoms with Crippen LogP contribution in [0.1, 0.15) is 46.4 Å². The Balaban J connectivity index is 1.70. The van der Waals surface area contributed by atoms with E-state index in [1.54, 1.807) is 19.1 Å². The fraction of sp³-hybridized carbons (Fsp3) is 0.200. The van der Waals surface area contributed by atoms with Crippen LogP contribution in [-0.2, 0) is 9.53 Å². The van der Waals surface area contributed by atoms with Crippen LogP contribution in [0.15, 0.2) is 72.9 Å². The number of nitrogens with one attached hydrogen (secondary N) is 1. The summed E-state index contributed by atoms with van der Waals surface area (Å²) in [4.78, 5) is 40.4. The molecule has 4 N–H and O–H groups in total. The van der Waals surface area contributed by atoms with Gasteiger partial charge in [0.05, 0.1) is 5.56 Å².